The molecule has 0 bridgehead atoms. The molecule has 8 atom stereocenters. The van der Waals surface area contributed by atoms with Crippen LogP contribution in [0.3, 0.4) is 0 Å². The maximum atomic E-state index is 13.5. The number of rotatable bonds is 4. The average Bonchev–Trinajstić information content (AvgIpc) is 3.49. The fraction of sp³-hybridized carbons (Fsp3) is 0.630. The van der Waals surface area contributed by atoms with Gasteiger partial charge in [0.05, 0.1) is 6.10 Å². The molecule has 0 radical (unpaired) electrons. The van der Waals surface area contributed by atoms with Gasteiger partial charge in [-0.3, -0.25) is 14.4 Å². The average molecular weight is 484 g/mol. The largest absolute Gasteiger partial charge is 0.393 e. The van der Waals surface area contributed by atoms with Gasteiger partial charge in [0, 0.05) is 35.8 Å². The zero-order chi connectivity index (χ0) is 23.9. The van der Waals surface area contributed by atoms with Gasteiger partial charge in [-0.1, -0.05) is 25.5 Å². The third-order valence-electron chi connectivity index (χ3n) is 10.0. The highest BCUT2D eigenvalue weighted by molar-refractivity contribution is 7.07. The monoisotopic (exact) mass is 483 g/mol. The number of ketones is 2. The number of thiophene rings is 1. The van der Waals surface area contributed by atoms with Crippen molar-refractivity contribution in [2.75, 3.05) is 13.2 Å². The number of fused-ring (bicyclic) bond motifs is 7. The molecule has 1 aromatic rings. The fourth-order valence-electron chi connectivity index (χ4n) is 8.74. The molecule has 0 amide bonds. The second kappa shape index (κ2) is 7.68. The minimum absolute atomic E-state index is 0.0111. The van der Waals surface area contributed by atoms with Gasteiger partial charge in [-0.25, -0.2) is 0 Å². The van der Waals surface area contributed by atoms with Gasteiger partial charge in [-0.05, 0) is 72.1 Å². The zero-order valence-corrected chi connectivity index (χ0v) is 20.6. The number of carbonyl (C=O) groups is 2. The van der Waals surface area contributed by atoms with Crippen LogP contribution in [-0.4, -0.2) is 51.7 Å². The summed E-state index contributed by atoms with van der Waals surface area (Å²) in [6.07, 6.45) is 7.86. The van der Waals surface area contributed by atoms with E-state index in [0.29, 0.717) is 19.5 Å². The molecule has 0 aromatic carbocycles. The first kappa shape index (κ1) is 22.8. The second-order valence-electron chi connectivity index (χ2n) is 11.5. The van der Waals surface area contributed by atoms with E-state index in [0.717, 1.165) is 30.4 Å². The number of hydrogen-bond donors (Lipinski definition) is 2. The van der Waals surface area contributed by atoms with Gasteiger partial charge in [-0.15, -0.1) is 0 Å². The number of Topliss-reactive ketones (excluding diaryl/α,β-unsaturated/α-hetero) is 1. The first-order valence-electron chi connectivity index (χ1n) is 12.4. The van der Waals surface area contributed by atoms with Crippen molar-refractivity contribution >= 4 is 22.9 Å². The fourth-order valence-corrected chi connectivity index (χ4v) is 9.40. The van der Waals surface area contributed by atoms with Crippen molar-refractivity contribution < 1.29 is 24.6 Å². The molecule has 0 unspecified atom stereocenters. The van der Waals surface area contributed by atoms with Crippen LogP contribution in [0.1, 0.15) is 45.1 Å². The van der Waals surface area contributed by atoms with E-state index in [1.165, 1.54) is 0 Å². The second-order valence-corrected chi connectivity index (χ2v) is 12.3. The van der Waals surface area contributed by atoms with Crippen molar-refractivity contribution in [3.8, 4) is 0 Å². The van der Waals surface area contributed by atoms with Crippen molar-refractivity contribution in [1.29, 1.82) is 0 Å². The van der Waals surface area contributed by atoms with Gasteiger partial charge >= 0.3 is 0 Å². The minimum Gasteiger partial charge on any atom is -0.393 e. The summed E-state index contributed by atoms with van der Waals surface area (Å²) < 4.78 is 0. The lowest BCUT2D eigenvalue weighted by molar-refractivity contribution is -0.254. The standard InChI is InChI=1S/C27H33NO5S/c1-25-7-5-19(30)9-17(25)3-4-20-21-10-18-13-28(12-16-6-8-34-15-16)33-27(18,23(32)14-29)26(21,2)11-22(31)24(20)25/h5-9,15,18,20-22,24,29,31H,3-4,10-14H2,1-2H3/t18-,20-,21-,22-,24+,25-,26-,27-/m0/s1. The first-order valence-corrected chi connectivity index (χ1v) is 13.4. The normalized spacial score (nSPS) is 45.4. The maximum Gasteiger partial charge on any atom is 0.192 e. The highest BCUT2D eigenvalue weighted by Gasteiger charge is 2.75. The summed E-state index contributed by atoms with van der Waals surface area (Å²) in [5, 5.41) is 27.7. The molecule has 6 nitrogen and oxygen atoms in total. The summed E-state index contributed by atoms with van der Waals surface area (Å²) in [7, 11) is 0. The lowest BCUT2D eigenvalue weighted by Crippen LogP contribution is -2.63. The van der Waals surface area contributed by atoms with E-state index in [1.807, 2.05) is 16.5 Å². The SMILES string of the molecule is C[C@]12C=CC(=O)C=C1CC[C@@H]1[C@@H]2[C@@H](O)C[C@@]2(C)[C@H]1C[C@H]1CN(Cc3ccsc3)O[C@]12C(=O)CO. The number of aliphatic hydroxyl groups excluding tert-OH is 2. The van der Waals surface area contributed by atoms with Gasteiger partial charge < -0.3 is 10.2 Å². The molecule has 4 aliphatic carbocycles. The Balaban J connectivity index is 1.37. The summed E-state index contributed by atoms with van der Waals surface area (Å²) in [5.41, 5.74) is 0.272. The molecule has 0 spiro atoms. The van der Waals surface area contributed by atoms with Crippen LogP contribution in [0, 0.1) is 34.5 Å². The Labute approximate surface area is 204 Å². The van der Waals surface area contributed by atoms with Gasteiger partial charge in [0.2, 0.25) is 0 Å². The van der Waals surface area contributed by atoms with E-state index in [2.05, 4.69) is 25.3 Å². The summed E-state index contributed by atoms with van der Waals surface area (Å²) in [6, 6.07) is 2.07. The number of aliphatic hydroxyl groups is 2. The lowest BCUT2D eigenvalue weighted by Gasteiger charge is -2.59. The van der Waals surface area contributed by atoms with E-state index >= 15 is 0 Å². The highest BCUT2D eigenvalue weighted by Crippen LogP contribution is 2.70. The highest BCUT2D eigenvalue weighted by atomic mass is 32.1. The lowest BCUT2D eigenvalue weighted by atomic mass is 9.46. The number of allylic oxidation sites excluding steroid dienone is 4. The van der Waals surface area contributed by atoms with E-state index in [1.54, 1.807) is 23.5 Å². The van der Waals surface area contributed by atoms with Gasteiger partial charge in [0.1, 0.15) is 6.61 Å². The van der Waals surface area contributed by atoms with Gasteiger partial charge in [-0.2, -0.15) is 16.4 Å². The van der Waals surface area contributed by atoms with Crippen LogP contribution in [0.4, 0.5) is 0 Å². The Morgan fingerprint density at radius 2 is 2.18 bits per heavy atom. The van der Waals surface area contributed by atoms with E-state index in [9.17, 15) is 19.8 Å². The summed E-state index contributed by atoms with van der Waals surface area (Å²) >= 11 is 1.64. The Morgan fingerprint density at radius 3 is 2.91 bits per heavy atom. The Hall–Kier alpha value is -1.64. The number of carbonyl (C=O) groups excluding carboxylic acids is 2. The van der Waals surface area contributed by atoms with Crippen LogP contribution in [0.2, 0.25) is 0 Å². The summed E-state index contributed by atoms with van der Waals surface area (Å²) in [6.45, 7) is 4.99. The van der Waals surface area contributed by atoms with Crippen LogP contribution in [0.15, 0.2) is 40.6 Å². The molecule has 1 aromatic heterocycles. The minimum atomic E-state index is -1.11. The molecule has 2 heterocycles. The van der Waals surface area contributed by atoms with Crippen molar-refractivity contribution in [3.63, 3.8) is 0 Å². The van der Waals surface area contributed by atoms with Crippen molar-refractivity contribution in [1.82, 2.24) is 5.06 Å². The van der Waals surface area contributed by atoms with Crippen molar-refractivity contribution in [2.45, 2.75) is 57.8 Å². The molecule has 7 heteroatoms. The summed E-state index contributed by atoms with van der Waals surface area (Å²) in [4.78, 5) is 32.1. The molecular weight excluding hydrogens is 450 g/mol. The maximum absolute atomic E-state index is 13.5. The smallest absolute Gasteiger partial charge is 0.192 e. The topological polar surface area (TPSA) is 87.1 Å². The van der Waals surface area contributed by atoms with Crippen molar-refractivity contribution in [3.05, 3.63) is 46.2 Å². The number of nitrogens with zero attached hydrogens (tertiary/aromatic N) is 1. The Morgan fingerprint density at radius 1 is 1.35 bits per heavy atom. The predicted molar refractivity (Wildman–Crippen MR) is 128 cm³/mol. The summed E-state index contributed by atoms with van der Waals surface area (Å²) in [5.74, 6) is 0.220. The Kier molecular flexibility index (Phi) is 5.15. The van der Waals surface area contributed by atoms with E-state index in [-0.39, 0.29) is 40.7 Å². The Bertz CT molecular complexity index is 1080. The zero-order valence-electron chi connectivity index (χ0n) is 19.8. The van der Waals surface area contributed by atoms with Crippen LogP contribution in [-0.2, 0) is 21.0 Å². The molecule has 182 valence electrons. The van der Waals surface area contributed by atoms with E-state index in [4.69, 9.17) is 4.84 Å². The third kappa shape index (κ3) is 2.88. The molecule has 4 fully saturated rings. The third-order valence-corrected chi connectivity index (χ3v) is 10.8. The molecule has 34 heavy (non-hydrogen) atoms. The quantitative estimate of drug-likeness (QED) is 0.683. The predicted octanol–water partition coefficient (Wildman–Crippen LogP) is 3.30. The number of hydroxylamine groups is 2. The van der Waals surface area contributed by atoms with Crippen LogP contribution < -0.4 is 0 Å². The van der Waals surface area contributed by atoms with Crippen LogP contribution >= 0.6 is 11.3 Å². The van der Waals surface area contributed by atoms with E-state index < -0.39 is 23.7 Å². The first-order chi connectivity index (χ1) is 16.2. The van der Waals surface area contributed by atoms with Gasteiger partial charge in [0.25, 0.3) is 0 Å². The van der Waals surface area contributed by atoms with Crippen LogP contribution in [0.25, 0.3) is 0 Å². The van der Waals surface area contributed by atoms with Crippen molar-refractivity contribution in [2.24, 2.45) is 34.5 Å². The van der Waals surface area contributed by atoms with Crippen LogP contribution in [0.5, 0.6) is 0 Å². The van der Waals surface area contributed by atoms with Gasteiger partial charge in [0.15, 0.2) is 17.2 Å². The molecule has 5 aliphatic rings. The molecule has 6 rings (SSSR count). The molecular formula is C27H33NO5S. The number of hydrogen-bond acceptors (Lipinski definition) is 7. The molecule has 1 saturated heterocycles. The molecule has 2 N–H and O–H groups in total. The molecule has 3 saturated carbocycles. The molecule has 1 aliphatic heterocycles.